The lowest BCUT2D eigenvalue weighted by atomic mass is 9.70. The Hall–Kier alpha value is 0.0249. The van der Waals surface area contributed by atoms with Gasteiger partial charge in [0.15, 0.2) is 0 Å². The van der Waals surface area contributed by atoms with E-state index in [0.29, 0.717) is 0 Å². The third-order valence-electron chi connectivity index (χ3n) is 1.39. The highest BCUT2D eigenvalue weighted by Crippen LogP contribution is 1.98. The van der Waals surface area contributed by atoms with Gasteiger partial charge in [-0.25, -0.2) is 0 Å². The average Bonchev–Trinajstić information content (AvgIpc) is 1.69. The van der Waals surface area contributed by atoms with Crippen LogP contribution in [-0.4, -0.2) is 32.2 Å². The van der Waals surface area contributed by atoms with Crippen molar-refractivity contribution >= 4 is 7.28 Å². The van der Waals surface area contributed by atoms with E-state index in [1.807, 2.05) is 0 Å². The van der Waals surface area contributed by atoms with Gasteiger partial charge in [-0.2, -0.15) is 0 Å². The molecule has 0 spiro atoms. The molecule has 1 saturated heterocycles. The molecule has 1 radical (unpaired) electrons. The maximum absolute atomic E-state index is 2.34. The predicted octanol–water partition coefficient (Wildman–Crippen LogP) is 0.402. The molecule has 0 aliphatic carbocycles. The van der Waals surface area contributed by atoms with Crippen LogP contribution in [0, 0.1) is 0 Å². The molecular formula is C5H11BN. The summed E-state index contributed by atoms with van der Waals surface area (Å²) < 4.78 is 0. The van der Waals surface area contributed by atoms with Crippen LogP contribution in [0.15, 0.2) is 0 Å². The fourth-order valence-electron chi connectivity index (χ4n) is 0.909. The molecule has 2 heteroatoms. The molecule has 1 aliphatic heterocycles. The number of hydrogen-bond acceptors (Lipinski definition) is 1. The molecule has 0 N–H and O–H groups in total. The second kappa shape index (κ2) is 2.36. The first-order valence-electron chi connectivity index (χ1n) is 2.90. The van der Waals surface area contributed by atoms with E-state index < -0.39 is 0 Å². The standard InChI is InChI=1S/C5H11BN/c1-7-4-2-3-6-5-7/h2-5H2,1H3. The highest BCUT2D eigenvalue weighted by molar-refractivity contribution is 6.35. The van der Waals surface area contributed by atoms with Crippen LogP contribution in [0.25, 0.3) is 0 Å². The van der Waals surface area contributed by atoms with Crippen LogP contribution >= 0.6 is 0 Å². The normalized spacial score (nSPS) is 24.1. The Kier molecular flexibility index (Phi) is 1.74. The van der Waals surface area contributed by atoms with Gasteiger partial charge in [0.05, 0.1) is 0 Å². The van der Waals surface area contributed by atoms with E-state index in [-0.39, 0.29) is 0 Å². The van der Waals surface area contributed by atoms with Gasteiger partial charge in [0, 0.05) is 0 Å². The molecule has 0 atom stereocenters. The third kappa shape index (κ3) is 1.52. The molecule has 1 nitrogen and oxygen atoms in total. The van der Waals surface area contributed by atoms with Crippen molar-refractivity contribution in [1.82, 2.24) is 4.90 Å². The Balaban J connectivity index is 2.12. The first kappa shape index (κ1) is 5.17. The molecule has 0 unspecified atom stereocenters. The average molecular weight is 96.0 g/mol. The van der Waals surface area contributed by atoms with Gasteiger partial charge < -0.3 is 4.90 Å². The Bertz CT molecular complexity index is 50.0. The summed E-state index contributed by atoms with van der Waals surface area (Å²) in [5.41, 5.74) is 0. The van der Waals surface area contributed by atoms with Crippen molar-refractivity contribution in [2.24, 2.45) is 0 Å². The van der Waals surface area contributed by atoms with Gasteiger partial charge in [-0.15, -0.1) is 0 Å². The van der Waals surface area contributed by atoms with Crippen molar-refractivity contribution < 1.29 is 0 Å². The summed E-state index contributed by atoms with van der Waals surface area (Å²) in [4.78, 5) is 2.34. The van der Waals surface area contributed by atoms with Crippen molar-refractivity contribution in [1.29, 1.82) is 0 Å². The van der Waals surface area contributed by atoms with Crippen molar-refractivity contribution in [2.45, 2.75) is 12.7 Å². The van der Waals surface area contributed by atoms with Crippen LogP contribution in [0.5, 0.6) is 0 Å². The fraction of sp³-hybridized carbons (Fsp3) is 1.00. The maximum atomic E-state index is 2.34. The Morgan fingerprint density at radius 1 is 1.57 bits per heavy atom. The van der Waals surface area contributed by atoms with E-state index in [2.05, 4.69) is 19.2 Å². The maximum Gasteiger partial charge on any atom is 0.128 e. The van der Waals surface area contributed by atoms with Crippen LogP contribution in [0.3, 0.4) is 0 Å². The molecule has 0 saturated carbocycles. The van der Waals surface area contributed by atoms with E-state index in [1.54, 1.807) is 0 Å². The number of hydrogen-bond donors (Lipinski definition) is 0. The molecular weight excluding hydrogens is 84.9 g/mol. The zero-order valence-corrected chi connectivity index (χ0v) is 4.85. The predicted molar refractivity (Wildman–Crippen MR) is 32.7 cm³/mol. The van der Waals surface area contributed by atoms with Gasteiger partial charge >= 0.3 is 0 Å². The van der Waals surface area contributed by atoms with Crippen LogP contribution in [0.1, 0.15) is 6.42 Å². The van der Waals surface area contributed by atoms with Gasteiger partial charge in [0.2, 0.25) is 0 Å². The molecule has 39 valence electrons. The number of rotatable bonds is 0. The van der Waals surface area contributed by atoms with E-state index in [0.717, 1.165) is 0 Å². The first-order valence-corrected chi connectivity index (χ1v) is 2.90. The van der Waals surface area contributed by atoms with Crippen molar-refractivity contribution in [2.75, 3.05) is 20.0 Å². The van der Waals surface area contributed by atoms with Gasteiger partial charge in [-0.1, -0.05) is 6.32 Å². The van der Waals surface area contributed by atoms with Crippen LogP contribution in [-0.2, 0) is 0 Å². The molecule has 0 aromatic carbocycles. The summed E-state index contributed by atoms with van der Waals surface area (Å²) in [7, 11) is 4.50. The van der Waals surface area contributed by atoms with Gasteiger partial charge in [-0.3, -0.25) is 0 Å². The van der Waals surface area contributed by atoms with Crippen LogP contribution in [0.4, 0.5) is 0 Å². The Morgan fingerprint density at radius 3 is 2.71 bits per heavy atom. The molecule has 1 heterocycles. The van der Waals surface area contributed by atoms with E-state index >= 15 is 0 Å². The lowest BCUT2D eigenvalue weighted by Crippen LogP contribution is -2.29. The first-order chi connectivity index (χ1) is 3.39. The highest BCUT2D eigenvalue weighted by atomic mass is 15.1. The minimum Gasteiger partial charge on any atom is -0.314 e. The largest absolute Gasteiger partial charge is 0.314 e. The number of nitrogens with zero attached hydrogens (tertiary/aromatic N) is 1. The minimum atomic E-state index is 1.19. The second-order valence-electron chi connectivity index (χ2n) is 2.19. The SMILES string of the molecule is CN1C[B]CCC1. The summed E-state index contributed by atoms with van der Waals surface area (Å²) in [6.45, 7) is 1.29. The lowest BCUT2D eigenvalue weighted by Gasteiger charge is -2.20. The molecule has 1 rings (SSSR count). The third-order valence-corrected chi connectivity index (χ3v) is 1.39. The summed E-state index contributed by atoms with van der Waals surface area (Å²) >= 11 is 0. The van der Waals surface area contributed by atoms with Crippen molar-refractivity contribution in [3.8, 4) is 0 Å². The summed E-state index contributed by atoms with van der Waals surface area (Å²) in [5.74, 6) is 0. The molecule has 0 aromatic heterocycles. The quantitative estimate of drug-likeness (QED) is 0.394. The summed E-state index contributed by atoms with van der Waals surface area (Å²) in [5, 5.41) is 0. The Labute approximate surface area is 45.9 Å². The second-order valence-corrected chi connectivity index (χ2v) is 2.19. The molecule has 1 aliphatic rings. The monoisotopic (exact) mass is 96.1 g/mol. The zero-order chi connectivity index (χ0) is 5.11. The zero-order valence-electron chi connectivity index (χ0n) is 4.85. The molecule has 0 amide bonds. The van der Waals surface area contributed by atoms with E-state index in [9.17, 15) is 0 Å². The molecule has 0 aromatic rings. The van der Waals surface area contributed by atoms with Gasteiger partial charge in [0.1, 0.15) is 7.28 Å². The van der Waals surface area contributed by atoms with Crippen molar-refractivity contribution in [3.63, 3.8) is 0 Å². The lowest BCUT2D eigenvalue weighted by molar-refractivity contribution is 0.372. The Morgan fingerprint density at radius 2 is 2.43 bits per heavy atom. The van der Waals surface area contributed by atoms with Gasteiger partial charge in [0.25, 0.3) is 0 Å². The van der Waals surface area contributed by atoms with E-state index in [4.69, 9.17) is 0 Å². The van der Waals surface area contributed by atoms with Crippen molar-refractivity contribution in [3.05, 3.63) is 0 Å². The minimum absolute atomic E-state index is 1.19. The van der Waals surface area contributed by atoms with Crippen LogP contribution in [0.2, 0.25) is 6.32 Å². The summed E-state index contributed by atoms with van der Waals surface area (Å²) in [6.07, 6.45) is 3.88. The topological polar surface area (TPSA) is 3.24 Å². The fourth-order valence-corrected chi connectivity index (χ4v) is 0.909. The van der Waals surface area contributed by atoms with Crippen LogP contribution < -0.4 is 0 Å². The summed E-state index contributed by atoms with van der Waals surface area (Å²) in [6, 6.07) is 0. The van der Waals surface area contributed by atoms with Gasteiger partial charge in [-0.05, 0) is 26.5 Å². The molecule has 0 bridgehead atoms. The van der Waals surface area contributed by atoms with E-state index in [1.165, 1.54) is 25.7 Å². The smallest absolute Gasteiger partial charge is 0.128 e. The molecule has 1 fully saturated rings. The highest BCUT2D eigenvalue weighted by Gasteiger charge is 2.03. The molecule has 7 heavy (non-hydrogen) atoms.